The summed E-state index contributed by atoms with van der Waals surface area (Å²) in [6.45, 7) is 7.66. The Kier molecular flexibility index (Phi) is 9.89. The third-order valence-corrected chi connectivity index (χ3v) is 6.60. The minimum absolute atomic E-state index is 0.0887. The molecule has 2 aromatic carbocycles. The van der Waals surface area contributed by atoms with Crippen LogP contribution in [0.2, 0.25) is 5.02 Å². The number of benzene rings is 2. The van der Waals surface area contributed by atoms with E-state index in [4.69, 9.17) is 30.5 Å². The number of amides is 1. The average molecular weight is 605 g/mol. The molecular weight excluding hydrogens is 572 g/mol. The lowest BCUT2D eigenvalue weighted by Crippen LogP contribution is -2.15. The van der Waals surface area contributed by atoms with E-state index in [0.29, 0.717) is 63.1 Å². The number of aliphatic imine (C=N–C) groups is 1. The number of aromatic nitrogens is 3. The van der Waals surface area contributed by atoms with Gasteiger partial charge in [0, 0.05) is 31.4 Å². The van der Waals surface area contributed by atoms with Gasteiger partial charge in [0.25, 0.3) is 5.91 Å². The molecule has 11 nitrogen and oxygen atoms in total. The first-order valence-electron chi connectivity index (χ1n) is 13.3. The predicted molar refractivity (Wildman–Crippen MR) is 169 cm³/mol. The van der Waals surface area contributed by atoms with Crippen LogP contribution < -0.4 is 29.2 Å². The van der Waals surface area contributed by atoms with Crippen molar-refractivity contribution in [3.05, 3.63) is 77.2 Å². The van der Waals surface area contributed by atoms with Crippen LogP contribution in [0.3, 0.4) is 0 Å². The van der Waals surface area contributed by atoms with Crippen LogP contribution in [0.5, 0.6) is 23.0 Å². The number of rotatable bonds is 12. The van der Waals surface area contributed by atoms with Gasteiger partial charge in [0.05, 0.1) is 49.6 Å². The molecule has 43 heavy (non-hydrogen) atoms. The number of hydrogen-bond donors (Lipinski definition) is 1. The highest BCUT2D eigenvalue weighted by Crippen LogP contribution is 2.38. The molecular formula is C31H33ClN6O5. The van der Waals surface area contributed by atoms with Gasteiger partial charge < -0.3 is 29.2 Å². The molecule has 2 heterocycles. The standard InChI is InChI=1S/C31H33ClN6O5/c1-8-25(21-15-26(40-6)27(41-7)16-23(21)33-3)43-20-11-13-29(34-17-20)35-31(39)30-28(42-9-2)18-38(36-30)24-12-10-19(37(4)5)14-22(24)32/h8,10-18H,3,9H2,1-2,4-7H3,(H,34,35,39)/b25-8+. The van der Waals surface area contributed by atoms with E-state index in [1.807, 2.05) is 51.0 Å². The molecule has 4 aromatic rings. The van der Waals surface area contributed by atoms with Crippen LogP contribution in [0.1, 0.15) is 29.9 Å². The van der Waals surface area contributed by atoms with Crippen LogP contribution >= 0.6 is 11.6 Å². The minimum atomic E-state index is -0.495. The Balaban J connectivity index is 1.53. The summed E-state index contributed by atoms with van der Waals surface area (Å²) in [4.78, 5) is 23.6. The Morgan fingerprint density at radius 1 is 1.12 bits per heavy atom. The van der Waals surface area contributed by atoms with Gasteiger partial charge >= 0.3 is 0 Å². The lowest BCUT2D eigenvalue weighted by Gasteiger charge is -2.15. The van der Waals surface area contributed by atoms with Gasteiger partial charge in [-0.15, -0.1) is 0 Å². The van der Waals surface area contributed by atoms with Gasteiger partial charge in [0.1, 0.15) is 17.3 Å². The molecule has 0 aliphatic carbocycles. The number of allylic oxidation sites excluding steroid dienone is 1. The summed E-state index contributed by atoms with van der Waals surface area (Å²) < 4.78 is 24.1. The first-order chi connectivity index (χ1) is 20.7. The molecule has 0 aliphatic heterocycles. The fourth-order valence-corrected chi connectivity index (χ4v) is 4.40. The lowest BCUT2D eigenvalue weighted by molar-refractivity contribution is 0.101. The van der Waals surface area contributed by atoms with Crippen LogP contribution in [-0.4, -0.2) is 62.3 Å². The molecule has 12 heteroatoms. The third-order valence-electron chi connectivity index (χ3n) is 6.30. The van der Waals surface area contributed by atoms with E-state index >= 15 is 0 Å². The van der Waals surface area contributed by atoms with Crippen LogP contribution in [-0.2, 0) is 0 Å². The molecule has 1 amide bonds. The molecule has 0 bridgehead atoms. The number of hydrogen-bond acceptors (Lipinski definition) is 9. The second kappa shape index (κ2) is 13.8. The molecule has 0 saturated carbocycles. The van der Waals surface area contributed by atoms with E-state index in [1.54, 1.807) is 50.8 Å². The van der Waals surface area contributed by atoms with Crippen molar-refractivity contribution in [1.29, 1.82) is 0 Å². The number of carbonyl (C=O) groups is 1. The van der Waals surface area contributed by atoms with Crippen LogP contribution in [0.25, 0.3) is 11.4 Å². The molecule has 0 radical (unpaired) electrons. The van der Waals surface area contributed by atoms with E-state index in [0.717, 1.165) is 5.69 Å². The van der Waals surface area contributed by atoms with Crippen LogP contribution in [0, 0.1) is 0 Å². The zero-order valence-electron chi connectivity index (χ0n) is 24.8. The first-order valence-corrected chi connectivity index (χ1v) is 13.6. The molecule has 2 aromatic heterocycles. The van der Waals surface area contributed by atoms with Gasteiger partial charge in [0.2, 0.25) is 0 Å². The van der Waals surface area contributed by atoms with Crippen molar-refractivity contribution >= 4 is 47.2 Å². The molecule has 0 unspecified atom stereocenters. The number of carbonyl (C=O) groups excluding carboxylic acids is 1. The summed E-state index contributed by atoms with van der Waals surface area (Å²) in [6, 6.07) is 12.4. The molecule has 224 valence electrons. The Morgan fingerprint density at radius 2 is 1.86 bits per heavy atom. The highest BCUT2D eigenvalue weighted by atomic mass is 35.5. The van der Waals surface area contributed by atoms with Gasteiger partial charge in [-0.2, -0.15) is 5.10 Å². The SMILES string of the molecule is C=Nc1cc(OC)c(OC)cc1/C(=C\C)Oc1ccc(NC(=O)c2nn(-c3ccc(N(C)C)cc3Cl)cc2OCC)nc1. The normalized spacial score (nSPS) is 11.1. The van der Waals surface area contributed by atoms with E-state index in [9.17, 15) is 4.79 Å². The quantitative estimate of drug-likeness (QED) is 0.145. The second-order valence-corrected chi connectivity index (χ2v) is 9.63. The van der Waals surface area contributed by atoms with Gasteiger partial charge in [-0.3, -0.25) is 9.79 Å². The Hall–Kier alpha value is -5.03. The molecule has 0 atom stereocenters. The number of nitrogens with zero attached hydrogens (tertiary/aromatic N) is 5. The summed E-state index contributed by atoms with van der Waals surface area (Å²) in [5.41, 5.74) is 2.84. The van der Waals surface area contributed by atoms with E-state index < -0.39 is 5.91 Å². The van der Waals surface area contributed by atoms with Crippen molar-refractivity contribution in [3.63, 3.8) is 0 Å². The highest BCUT2D eigenvalue weighted by molar-refractivity contribution is 6.32. The summed E-state index contributed by atoms with van der Waals surface area (Å²) in [5, 5.41) is 7.70. The predicted octanol–water partition coefficient (Wildman–Crippen LogP) is 6.43. The number of nitrogens with one attached hydrogen (secondary N) is 1. The zero-order valence-corrected chi connectivity index (χ0v) is 25.6. The van der Waals surface area contributed by atoms with Gasteiger partial charge in [-0.05, 0) is 63.0 Å². The summed E-state index contributed by atoms with van der Waals surface area (Å²) in [7, 11) is 6.95. The highest BCUT2D eigenvalue weighted by Gasteiger charge is 2.21. The second-order valence-electron chi connectivity index (χ2n) is 9.22. The van der Waals surface area contributed by atoms with Crippen molar-refractivity contribution in [2.24, 2.45) is 4.99 Å². The van der Waals surface area contributed by atoms with Crippen molar-refractivity contribution < 1.29 is 23.7 Å². The lowest BCUT2D eigenvalue weighted by atomic mass is 10.1. The first kappa shape index (κ1) is 30.9. The summed E-state index contributed by atoms with van der Waals surface area (Å²) >= 11 is 6.53. The maximum atomic E-state index is 13.2. The van der Waals surface area contributed by atoms with Gasteiger partial charge in [-0.1, -0.05) is 11.6 Å². The van der Waals surface area contributed by atoms with E-state index in [1.165, 1.54) is 10.9 Å². The molecule has 0 aliphatic rings. The Morgan fingerprint density at radius 3 is 2.44 bits per heavy atom. The largest absolute Gasteiger partial charge is 0.493 e. The molecule has 0 fully saturated rings. The number of ether oxygens (including phenoxy) is 4. The molecule has 0 spiro atoms. The Labute approximate surface area is 255 Å². The minimum Gasteiger partial charge on any atom is -0.493 e. The number of anilines is 2. The third kappa shape index (κ3) is 6.90. The van der Waals surface area contributed by atoms with Gasteiger partial charge in [-0.25, -0.2) is 9.67 Å². The van der Waals surface area contributed by atoms with E-state index in [-0.39, 0.29) is 5.69 Å². The molecule has 1 N–H and O–H groups in total. The average Bonchev–Trinajstić information content (AvgIpc) is 3.43. The summed E-state index contributed by atoms with van der Waals surface area (Å²) in [6.07, 6.45) is 4.91. The number of methoxy groups -OCH3 is 2. The van der Waals surface area contributed by atoms with Crippen LogP contribution in [0.15, 0.2) is 65.9 Å². The number of halogens is 1. The topological polar surface area (TPSA) is 112 Å². The monoisotopic (exact) mass is 604 g/mol. The van der Waals surface area contributed by atoms with Crippen molar-refractivity contribution in [3.8, 4) is 28.7 Å². The number of pyridine rings is 1. The zero-order chi connectivity index (χ0) is 31.1. The maximum Gasteiger partial charge on any atom is 0.281 e. The molecule has 4 rings (SSSR count). The maximum absolute atomic E-state index is 13.2. The fraction of sp³-hybridized carbons (Fsp3) is 0.226. The van der Waals surface area contributed by atoms with Crippen molar-refractivity contribution in [1.82, 2.24) is 14.8 Å². The Bertz CT molecular complexity index is 1650. The van der Waals surface area contributed by atoms with Gasteiger partial charge in [0.15, 0.2) is 22.9 Å². The van der Waals surface area contributed by atoms with Crippen molar-refractivity contribution in [2.45, 2.75) is 13.8 Å². The van der Waals surface area contributed by atoms with E-state index in [2.05, 4.69) is 27.1 Å². The van der Waals surface area contributed by atoms with Crippen molar-refractivity contribution in [2.75, 3.05) is 45.1 Å². The summed E-state index contributed by atoms with van der Waals surface area (Å²) in [5.74, 6) is 2.10. The molecule has 0 saturated heterocycles. The smallest absolute Gasteiger partial charge is 0.281 e. The van der Waals surface area contributed by atoms with Crippen LogP contribution in [0.4, 0.5) is 17.2 Å². The fourth-order valence-electron chi connectivity index (χ4n) is 4.14.